The predicted molar refractivity (Wildman–Crippen MR) is 136 cm³/mol. The minimum atomic E-state index is -4.05. The molecule has 0 aromatic heterocycles. The van der Waals surface area contributed by atoms with Gasteiger partial charge in [0.15, 0.2) is 0 Å². The summed E-state index contributed by atoms with van der Waals surface area (Å²) in [4.78, 5) is 15.4. The quantitative estimate of drug-likeness (QED) is 0.505. The lowest BCUT2D eigenvalue weighted by Gasteiger charge is -2.42. The number of nitrogen functional groups attached to an aromatic ring is 1. The van der Waals surface area contributed by atoms with Crippen LogP contribution in [0.3, 0.4) is 0 Å². The van der Waals surface area contributed by atoms with E-state index in [2.05, 4.69) is 4.72 Å². The van der Waals surface area contributed by atoms with Crippen molar-refractivity contribution in [3.8, 4) is 0 Å². The maximum Gasteiger partial charge on any atom is 0.241 e. The number of rotatable bonds is 7. The fourth-order valence-corrected chi connectivity index (χ4v) is 7.07. The highest BCUT2D eigenvalue weighted by atomic mass is 35.5. The van der Waals surface area contributed by atoms with Crippen LogP contribution >= 0.6 is 23.2 Å². The smallest absolute Gasteiger partial charge is 0.241 e. The van der Waals surface area contributed by atoms with Crippen molar-refractivity contribution in [1.82, 2.24) is 9.62 Å². The number of nitrogens with two attached hydrogens (primary N) is 1. The Morgan fingerprint density at radius 1 is 1.06 bits per heavy atom. The molecule has 1 unspecified atom stereocenters. The molecule has 1 aliphatic heterocycles. The minimum absolute atomic E-state index is 0.0550. The van der Waals surface area contributed by atoms with Gasteiger partial charge >= 0.3 is 0 Å². The summed E-state index contributed by atoms with van der Waals surface area (Å²) in [5.41, 5.74) is 6.93. The summed E-state index contributed by atoms with van der Waals surface area (Å²) in [7, 11) is -4.05. The first-order valence-electron chi connectivity index (χ1n) is 11.8. The zero-order chi connectivity index (χ0) is 24.3. The van der Waals surface area contributed by atoms with Crippen molar-refractivity contribution in [3.05, 3.63) is 58.1 Å². The molecule has 1 heterocycles. The molecule has 2 aromatic rings. The number of carbonyl (C=O) groups excluding carboxylic acids is 1. The zero-order valence-corrected chi connectivity index (χ0v) is 21.4. The molecule has 0 spiro atoms. The Hall–Kier alpha value is -1.80. The number of anilines is 1. The molecule has 1 amide bonds. The summed E-state index contributed by atoms with van der Waals surface area (Å²) in [6, 6.07) is 11.4. The van der Waals surface area contributed by atoms with E-state index < -0.39 is 16.1 Å². The summed E-state index contributed by atoms with van der Waals surface area (Å²) in [5.74, 6) is 1.01. The molecule has 2 aliphatic rings. The van der Waals surface area contributed by atoms with E-state index >= 15 is 0 Å². The van der Waals surface area contributed by atoms with Crippen molar-refractivity contribution in [3.63, 3.8) is 0 Å². The number of carbonyl (C=O) groups is 1. The number of piperidine rings is 1. The van der Waals surface area contributed by atoms with E-state index in [1.165, 1.54) is 31.4 Å². The molecule has 2 aromatic carbocycles. The highest BCUT2D eigenvalue weighted by Gasteiger charge is 2.36. The van der Waals surface area contributed by atoms with Crippen LogP contribution in [0.15, 0.2) is 47.4 Å². The van der Waals surface area contributed by atoms with Crippen LogP contribution in [0.5, 0.6) is 0 Å². The van der Waals surface area contributed by atoms with Crippen LogP contribution in [0.2, 0.25) is 10.0 Å². The average molecular weight is 525 g/mol. The molecular formula is C25H31Cl2N3O3S. The maximum atomic E-state index is 13.6. The van der Waals surface area contributed by atoms with E-state index in [0.29, 0.717) is 37.8 Å². The first-order valence-corrected chi connectivity index (χ1v) is 14.1. The molecule has 1 aliphatic carbocycles. The van der Waals surface area contributed by atoms with E-state index in [1.807, 2.05) is 35.2 Å². The molecule has 3 N–H and O–H groups in total. The third kappa shape index (κ3) is 5.88. The topological polar surface area (TPSA) is 92.5 Å². The van der Waals surface area contributed by atoms with Gasteiger partial charge < -0.3 is 10.6 Å². The van der Waals surface area contributed by atoms with Crippen molar-refractivity contribution in [2.45, 2.75) is 55.9 Å². The summed E-state index contributed by atoms with van der Waals surface area (Å²) in [6.07, 6.45) is 6.74. The largest absolute Gasteiger partial charge is 0.396 e. The summed E-state index contributed by atoms with van der Waals surface area (Å²) in [5, 5.41) is 0.110. The van der Waals surface area contributed by atoms with E-state index in [9.17, 15) is 13.2 Å². The molecule has 184 valence electrons. The Morgan fingerprint density at radius 3 is 2.38 bits per heavy atom. The lowest BCUT2D eigenvalue weighted by Crippen LogP contribution is -2.53. The number of hydrogen-bond acceptors (Lipinski definition) is 4. The van der Waals surface area contributed by atoms with Gasteiger partial charge in [0.1, 0.15) is 6.04 Å². The second-order valence-electron chi connectivity index (χ2n) is 9.38. The number of benzene rings is 2. The number of sulfonamides is 1. The molecule has 0 bridgehead atoms. The van der Waals surface area contributed by atoms with Crippen molar-refractivity contribution in [2.24, 2.45) is 11.8 Å². The SMILES string of the molecule is Nc1c(Cl)cc(S(=O)(=O)N[C@H](CCc2ccccc2)C(=O)N2CCC3CCCC[C@H]3C2)cc1Cl. The molecule has 3 atom stereocenters. The highest BCUT2D eigenvalue weighted by Crippen LogP contribution is 2.36. The molecule has 0 radical (unpaired) electrons. The molecule has 34 heavy (non-hydrogen) atoms. The van der Waals surface area contributed by atoms with Crippen LogP contribution in [0, 0.1) is 11.8 Å². The molecule has 1 saturated heterocycles. The summed E-state index contributed by atoms with van der Waals surface area (Å²) >= 11 is 12.2. The standard InChI is InChI=1S/C25H31Cl2N3O3S/c26-21-14-20(15-22(27)24(21)28)34(32,33)29-23(11-10-17-6-2-1-3-7-17)25(31)30-13-12-18-8-4-5-9-19(18)16-30/h1-3,6-7,14-15,18-19,23,29H,4-5,8-13,16,28H2/t18?,19-,23+/m0/s1. The molecule has 6 nitrogen and oxygen atoms in total. The van der Waals surface area contributed by atoms with E-state index in [0.717, 1.165) is 18.4 Å². The second-order valence-corrected chi connectivity index (χ2v) is 11.9. The van der Waals surface area contributed by atoms with Crippen LogP contribution in [0.25, 0.3) is 0 Å². The molecular weight excluding hydrogens is 493 g/mol. The number of amides is 1. The lowest BCUT2D eigenvalue weighted by molar-refractivity contribution is -0.136. The number of aryl methyl sites for hydroxylation is 1. The van der Waals surface area contributed by atoms with Gasteiger partial charge in [-0.3, -0.25) is 4.79 Å². The fraction of sp³-hybridized carbons (Fsp3) is 0.480. The zero-order valence-electron chi connectivity index (χ0n) is 19.1. The Kier molecular flexibility index (Phi) is 8.08. The van der Waals surface area contributed by atoms with E-state index in [4.69, 9.17) is 28.9 Å². The minimum Gasteiger partial charge on any atom is -0.396 e. The number of hydrogen-bond donors (Lipinski definition) is 2. The predicted octanol–water partition coefficient (Wildman–Crippen LogP) is 4.89. The van der Waals surface area contributed by atoms with Gasteiger partial charge in [0.25, 0.3) is 0 Å². The van der Waals surface area contributed by atoms with Gasteiger partial charge in [-0.15, -0.1) is 0 Å². The maximum absolute atomic E-state index is 13.6. The number of halogens is 2. The van der Waals surface area contributed by atoms with Gasteiger partial charge in [-0.1, -0.05) is 72.8 Å². The number of fused-ring (bicyclic) bond motifs is 1. The van der Waals surface area contributed by atoms with E-state index in [1.54, 1.807) is 0 Å². The van der Waals surface area contributed by atoms with Crippen LogP contribution in [-0.4, -0.2) is 38.4 Å². The number of likely N-dealkylation sites (tertiary alicyclic amines) is 1. The third-order valence-electron chi connectivity index (χ3n) is 7.13. The van der Waals surface area contributed by atoms with Crippen molar-refractivity contribution in [1.29, 1.82) is 0 Å². The van der Waals surface area contributed by atoms with Gasteiger partial charge in [-0.25, -0.2) is 8.42 Å². The van der Waals surface area contributed by atoms with Gasteiger partial charge in [0, 0.05) is 13.1 Å². The van der Waals surface area contributed by atoms with Crippen LogP contribution < -0.4 is 10.5 Å². The van der Waals surface area contributed by atoms with Gasteiger partial charge in [-0.05, 0) is 55.2 Å². The Bertz CT molecular complexity index is 1100. The Morgan fingerprint density at radius 2 is 1.71 bits per heavy atom. The second kappa shape index (κ2) is 10.9. The Labute approximate surface area is 211 Å². The third-order valence-corrected chi connectivity index (χ3v) is 9.20. The van der Waals surface area contributed by atoms with Crippen LogP contribution in [-0.2, 0) is 21.2 Å². The van der Waals surface area contributed by atoms with Gasteiger partial charge in [0.2, 0.25) is 15.9 Å². The molecule has 4 rings (SSSR count). The van der Waals surface area contributed by atoms with Crippen molar-refractivity contribution < 1.29 is 13.2 Å². The van der Waals surface area contributed by atoms with Crippen LogP contribution in [0.1, 0.15) is 44.1 Å². The van der Waals surface area contributed by atoms with Crippen molar-refractivity contribution in [2.75, 3.05) is 18.8 Å². The van der Waals surface area contributed by atoms with Crippen LogP contribution in [0.4, 0.5) is 5.69 Å². The molecule has 1 saturated carbocycles. The summed E-state index contributed by atoms with van der Waals surface area (Å²) < 4.78 is 29.1. The first kappa shape index (κ1) is 25.3. The average Bonchev–Trinajstić information content (AvgIpc) is 2.84. The first-order chi connectivity index (χ1) is 16.2. The fourth-order valence-electron chi connectivity index (χ4n) is 5.18. The highest BCUT2D eigenvalue weighted by molar-refractivity contribution is 7.89. The summed E-state index contributed by atoms with van der Waals surface area (Å²) in [6.45, 7) is 1.37. The van der Waals surface area contributed by atoms with Gasteiger partial charge in [0.05, 0.1) is 20.6 Å². The number of nitrogens with zero attached hydrogens (tertiary/aromatic N) is 1. The van der Waals surface area contributed by atoms with Crippen molar-refractivity contribution >= 4 is 44.8 Å². The molecule has 2 fully saturated rings. The lowest BCUT2D eigenvalue weighted by atomic mass is 9.75. The number of nitrogens with one attached hydrogen (secondary N) is 1. The Balaban J connectivity index is 1.55. The molecule has 9 heteroatoms. The monoisotopic (exact) mass is 523 g/mol. The van der Waals surface area contributed by atoms with Gasteiger partial charge in [-0.2, -0.15) is 4.72 Å². The normalized spacial score (nSPS) is 21.6. The van der Waals surface area contributed by atoms with E-state index in [-0.39, 0.29) is 26.5 Å².